The molecule has 1 rings (SSSR count). The molecule has 1 aliphatic heterocycles. The first-order valence-corrected chi connectivity index (χ1v) is 33.2. The summed E-state index contributed by atoms with van der Waals surface area (Å²) in [6.45, 7) is 29.8. The normalized spacial score (nSPS) is 26.3. The summed E-state index contributed by atoms with van der Waals surface area (Å²) in [7, 11) is 9.65. The molecule has 11 amide bonds. The Hall–Kier alpha value is -6.70. The number of hydrogen-bond donors (Lipinski definition) is 5. The number of nitrogens with zero attached hydrogens (tertiary/aromatic N) is 7. The van der Waals surface area contributed by atoms with E-state index in [1.54, 1.807) is 67.5 Å². The van der Waals surface area contributed by atoms with Crippen molar-refractivity contribution in [3.63, 3.8) is 0 Å². The summed E-state index contributed by atoms with van der Waals surface area (Å²) < 4.78 is 10.8. The Morgan fingerprint density at radius 2 is 0.882 bits per heavy atom. The highest BCUT2D eigenvalue weighted by Crippen LogP contribution is 2.26. The van der Waals surface area contributed by atoms with Gasteiger partial charge in [-0.3, -0.25) is 52.7 Å². The van der Waals surface area contributed by atoms with Gasteiger partial charge in [0.1, 0.15) is 73.1 Å². The van der Waals surface area contributed by atoms with Crippen molar-refractivity contribution in [2.24, 2.45) is 41.4 Å². The minimum atomic E-state index is -1.70. The number of allylic oxidation sites excluding steroid dienone is 2. The van der Waals surface area contributed by atoms with Crippen LogP contribution >= 0.6 is 0 Å². The van der Waals surface area contributed by atoms with Crippen molar-refractivity contribution in [3.8, 4) is 0 Å². The highest BCUT2D eigenvalue weighted by atomic mass is 16.6. The zero-order valence-corrected chi connectivity index (χ0v) is 60.8. The number of hydrogen-bond acceptors (Lipinski definition) is 15. The average molecular weight is 1320 g/mol. The van der Waals surface area contributed by atoms with E-state index in [0.29, 0.717) is 0 Å². The van der Waals surface area contributed by atoms with E-state index in [4.69, 9.17) is 9.47 Å². The molecule has 0 aromatic carbocycles. The Morgan fingerprint density at radius 1 is 0.473 bits per heavy atom. The van der Waals surface area contributed by atoms with Gasteiger partial charge in [-0.15, -0.1) is 0 Å². The molecule has 26 heteroatoms. The third-order valence-electron chi connectivity index (χ3n) is 17.2. The van der Waals surface area contributed by atoms with Crippen LogP contribution in [0.2, 0.25) is 0 Å². The van der Waals surface area contributed by atoms with E-state index in [1.807, 2.05) is 55.4 Å². The molecule has 0 aromatic heterocycles. The highest BCUT2D eigenvalue weighted by molar-refractivity contribution is 6.00. The highest BCUT2D eigenvalue weighted by Gasteiger charge is 2.46. The largest absolute Gasteiger partial charge is 0.464 e. The van der Waals surface area contributed by atoms with Gasteiger partial charge >= 0.3 is 5.97 Å². The number of carbonyl (C=O) groups is 12. The molecule has 532 valence electrons. The molecule has 1 aliphatic rings. The van der Waals surface area contributed by atoms with Crippen molar-refractivity contribution in [1.29, 1.82) is 0 Å². The summed E-state index contributed by atoms with van der Waals surface area (Å²) in [5, 5.41) is 23.2. The molecule has 13 atom stereocenters. The van der Waals surface area contributed by atoms with Crippen LogP contribution in [0.25, 0.3) is 0 Å². The van der Waals surface area contributed by atoms with E-state index in [0.717, 1.165) is 14.7 Å². The van der Waals surface area contributed by atoms with E-state index in [1.165, 1.54) is 82.8 Å². The van der Waals surface area contributed by atoms with E-state index in [-0.39, 0.29) is 68.8 Å². The lowest BCUT2D eigenvalue weighted by Crippen LogP contribution is -2.64. The summed E-state index contributed by atoms with van der Waals surface area (Å²) in [6.07, 6.45) is 2.55. The van der Waals surface area contributed by atoms with Crippen molar-refractivity contribution in [1.82, 2.24) is 55.6 Å². The second-order valence-corrected chi connectivity index (χ2v) is 27.6. The lowest BCUT2D eigenvalue weighted by atomic mass is 9.91. The molecule has 1 fully saturated rings. The second kappa shape index (κ2) is 39.2. The number of carbonyl (C=O) groups excluding carboxylic acids is 12. The molecular weight excluding hydrogens is 1200 g/mol. The fraction of sp³-hybridized carbons (Fsp3) is 0.791. The Kier molecular flexibility index (Phi) is 35.6. The van der Waals surface area contributed by atoms with Gasteiger partial charge in [0, 0.05) is 49.3 Å². The fourth-order valence-corrected chi connectivity index (χ4v) is 11.4. The monoisotopic (exact) mass is 1320 g/mol. The van der Waals surface area contributed by atoms with Gasteiger partial charge in [-0.05, 0) is 108 Å². The van der Waals surface area contributed by atoms with Gasteiger partial charge in [0.25, 0.3) is 0 Å². The zero-order chi connectivity index (χ0) is 72.0. The summed E-state index contributed by atoms with van der Waals surface area (Å²) in [4.78, 5) is 184. The number of rotatable bonds is 20. The van der Waals surface area contributed by atoms with Crippen molar-refractivity contribution in [3.05, 3.63) is 12.2 Å². The maximum Gasteiger partial charge on any atom is 0.332 e. The number of amides is 11. The average Bonchev–Trinajstić information content (AvgIpc) is 0.855. The van der Waals surface area contributed by atoms with Gasteiger partial charge in [0.05, 0.1) is 19.3 Å². The van der Waals surface area contributed by atoms with Crippen molar-refractivity contribution in [2.45, 2.75) is 236 Å². The Bertz CT molecular complexity index is 2560. The van der Waals surface area contributed by atoms with Gasteiger partial charge in [-0.25, -0.2) is 4.79 Å². The van der Waals surface area contributed by atoms with Crippen LogP contribution in [0.1, 0.15) is 163 Å². The van der Waals surface area contributed by atoms with Gasteiger partial charge in [0.2, 0.25) is 65.0 Å². The van der Waals surface area contributed by atoms with Gasteiger partial charge < -0.3 is 70.1 Å². The second-order valence-electron chi connectivity index (χ2n) is 27.6. The fourth-order valence-electron chi connectivity index (χ4n) is 11.4. The maximum atomic E-state index is 15.3. The molecule has 5 N–H and O–H groups in total. The Balaban J connectivity index is 4.55. The standard InChI is InChI=1S/C67H119N11O15/c1-26-29-30-43(16)56(80)55-60(84)70-46(27-2)62(86)76(23)51(35-92-36-52(79)93-28-3)65(89)72(19)48(32-38(6)7)59(83)71-53(41(12)13)66(90)73(20)47(31-37(4)5)58(82)68-44(17)57(81)69-45(18)61(85)74(21)49(33-39(8)9)63(87)75(22)50(34-40(10)11)64(88)77(24)54(42(14)15)67(91)78(55)25/h26,29,37-51,53-56,80H,27-28,30-36H2,1-25H3,(H,68,82)(H,69,81)(H,70,84)(H,71,83)/b29-26+/t43-,44+,45-,46+,47+,48+,49+,50+,51-,53+,54+,55+,56-/m1/s1. The van der Waals surface area contributed by atoms with Crippen molar-refractivity contribution >= 4 is 70.9 Å². The SMILES string of the molecule is C/C=C/C[C@@H](C)[C@@H](O)[C@H]1C(=O)N[C@@H](CC)C(=O)N(C)[C@H](COCC(=O)OCC)C(=O)N(C)[C@@H](CC(C)C)C(=O)N[C@@H](C(C)C)C(=O)N(C)[C@@H](CC(C)C)C(=O)N[C@@H](C)C(=O)N[C@H](C)C(=O)N(C)[C@@H](CC(C)C)C(=O)N(C)[C@@H](CC(C)C)C(=O)N(C)[C@@H](C(C)C)C(=O)N1C. The molecule has 26 nitrogen and oxygen atoms in total. The predicted octanol–water partition coefficient (Wildman–Crippen LogP) is 3.22. The molecule has 0 unspecified atom stereocenters. The van der Waals surface area contributed by atoms with Crippen LogP contribution in [0.4, 0.5) is 0 Å². The first-order valence-electron chi connectivity index (χ1n) is 33.2. The summed E-state index contributed by atoms with van der Waals surface area (Å²) in [5.41, 5.74) is 0. The molecule has 0 radical (unpaired) electrons. The number of aliphatic hydroxyl groups is 1. The minimum Gasteiger partial charge on any atom is -0.464 e. The summed E-state index contributed by atoms with van der Waals surface area (Å²) in [5.74, 6) is -11.6. The molecule has 0 bridgehead atoms. The van der Waals surface area contributed by atoms with E-state index >= 15 is 28.8 Å². The molecule has 0 aromatic rings. The maximum absolute atomic E-state index is 15.3. The third-order valence-corrected chi connectivity index (χ3v) is 17.2. The number of esters is 1. The smallest absolute Gasteiger partial charge is 0.332 e. The van der Waals surface area contributed by atoms with Gasteiger partial charge in [-0.2, -0.15) is 0 Å². The number of aliphatic hydroxyl groups excluding tert-OH is 1. The molecule has 93 heavy (non-hydrogen) atoms. The number of likely N-dealkylation sites (N-methyl/N-ethyl adjacent to an activating group) is 7. The Morgan fingerprint density at radius 3 is 1.33 bits per heavy atom. The van der Waals surface area contributed by atoms with Crippen LogP contribution in [0, 0.1) is 41.4 Å². The number of nitrogens with one attached hydrogen (secondary N) is 4. The third kappa shape index (κ3) is 24.2. The topological polar surface area (TPSA) is 314 Å². The van der Waals surface area contributed by atoms with Crippen LogP contribution in [0.5, 0.6) is 0 Å². The van der Waals surface area contributed by atoms with E-state index in [9.17, 15) is 33.9 Å². The molecule has 0 spiro atoms. The summed E-state index contributed by atoms with van der Waals surface area (Å²) >= 11 is 0. The quantitative estimate of drug-likeness (QED) is 0.0864. The minimum absolute atomic E-state index is 0.0193. The zero-order valence-electron chi connectivity index (χ0n) is 60.8. The van der Waals surface area contributed by atoms with Gasteiger partial charge in [-0.1, -0.05) is 109 Å². The van der Waals surface area contributed by atoms with Crippen molar-refractivity contribution < 1.29 is 72.1 Å². The number of ether oxygens (including phenoxy) is 2. The van der Waals surface area contributed by atoms with Crippen LogP contribution in [0.15, 0.2) is 12.2 Å². The molecule has 0 saturated carbocycles. The van der Waals surface area contributed by atoms with Crippen LogP contribution < -0.4 is 21.3 Å². The van der Waals surface area contributed by atoms with Crippen LogP contribution in [-0.4, -0.2) is 252 Å². The lowest BCUT2D eigenvalue weighted by molar-refractivity contribution is -0.158. The Labute approximate surface area is 555 Å². The van der Waals surface area contributed by atoms with Crippen LogP contribution in [-0.2, 0) is 67.0 Å². The molecular formula is C67H119N11O15. The first kappa shape index (κ1) is 84.3. The van der Waals surface area contributed by atoms with Crippen LogP contribution in [0.3, 0.4) is 0 Å². The summed E-state index contributed by atoms with van der Waals surface area (Å²) in [6, 6.07) is -14.7. The molecule has 1 saturated heterocycles. The van der Waals surface area contributed by atoms with Crippen molar-refractivity contribution in [2.75, 3.05) is 69.2 Å². The predicted molar refractivity (Wildman–Crippen MR) is 355 cm³/mol. The van der Waals surface area contributed by atoms with E-state index < -0.39 is 174 Å². The lowest BCUT2D eigenvalue weighted by Gasteiger charge is -2.41. The first-order chi connectivity index (χ1) is 43.1. The van der Waals surface area contributed by atoms with Gasteiger partial charge in [0.15, 0.2) is 0 Å². The van der Waals surface area contributed by atoms with E-state index in [2.05, 4.69) is 21.3 Å². The molecule has 0 aliphatic carbocycles. The molecule has 1 heterocycles.